The molecular formula is C15H24N2O3S2. The van der Waals surface area contributed by atoms with E-state index in [1.54, 1.807) is 43.0 Å². The second-order valence-corrected chi connectivity index (χ2v) is 9.73. The van der Waals surface area contributed by atoms with E-state index in [4.69, 9.17) is 0 Å². The number of carbonyl (C=O) groups excluding carboxylic acids is 1. The molecule has 0 aliphatic heterocycles. The molecule has 0 bridgehead atoms. The van der Waals surface area contributed by atoms with Gasteiger partial charge in [0.2, 0.25) is 10.0 Å². The number of thioether (sulfide) groups is 1. The topological polar surface area (TPSA) is 75.3 Å². The molecule has 1 rings (SSSR count). The molecule has 22 heavy (non-hydrogen) atoms. The van der Waals surface area contributed by atoms with E-state index in [0.29, 0.717) is 17.8 Å². The van der Waals surface area contributed by atoms with Crippen LogP contribution < -0.4 is 10.0 Å². The Bertz CT molecular complexity index is 590. The maximum atomic E-state index is 12.0. The molecule has 0 saturated carbocycles. The summed E-state index contributed by atoms with van der Waals surface area (Å²) >= 11 is 1.79. The fraction of sp³-hybridized carbons (Fsp3) is 0.533. The molecule has 0 heterocycles. The molecule has 0 aromatic heterocycles. The van der Waals surface area contributed by atoms with Crippen LogP contribution in [0.15, 0.2) is 24.3 Å². The number of benzene rings is 1. The molecular weight excluding hydrogens is 320 g/mol. The van der Waals surface area contributed by atoms with E-state index in [2.05, 4.69) is 30.8 Å². The Balaban J connectivity index is 2.51. The second-order valence-electron chi connectivity index (χ2n) is 5.80. The summed E-state index contributed by atoms with van der Waals surface area (Å²) in [7, 11) is -3.29. The lowest BCUT2D eigenvalue weighted by atomic mass is 10.2. The van der Waals surface area contributed by atoms with Crippen LogP contribution in [-0.2, 0) is 10.0 Å². The number of rotatable bonds is 7. The Hall–Kier alpha value is -1.21. The minimum atomic E-state index is -3.29. The molecule has 5 nitrogen and oxygen atoms in total. The Kier molecular flexibility index (Phi) is 6.74. The minimum Gasteiger partial charge on any atom is -0.351 e. The number of sulfonamides is 1. The maximum Gasteiger partial charge on any atom is 0.251 e. The van der Waals surface area contributed by atoms with Gasteiger partial charge < -0.3 is 5.32 Å². The van der Waals surface area contributed by atoms with Crippen LogP contribution in [0, 0.1) is 0 Å². The highest BCUT2D eigenvalue weighted by Gasteiger charge is 2.11. The molecule has 0 radical (unpaired) electrons. The first-order chi connectivity index (χ1) is 10.1. The highest BCUT2D eigenvalue weighted by atomic mass is 32.2. The van der Waals surface area contributed by atoms with Crippen molar-refractivity contribution in [2.45, 2.75) is 32.4 Å². The predicted octanol–water partition coefficient (Wildman–Crippen LogP) is 2.71. The summed E-state index contributed by atoms with van der Waals surface area (Å²) in [6.45, 7) is 8.57. The number of amides is 1. The van der Waals surface area contributed by atoms with Crippen LogP contribution in [0.25, 0.3) is 0 Å². The van der Waals surface area contributed by atoms with Crippen molar-refractivity contribution in [1.29, 1.82) is 0 Å². The summed E-state index contributed by atoms with van der Waals surface area (Å²) in [4.78, 5) is 12.0. The van der Waals surface area contributed by atoms with Crippen molar-refractivity contribution < 1.29 is 13.2 Å². The van der Waals surface area contributed by atoms with Crippen LogP contribution >= 0.6 is 11.8 Å². The highest BCUT2D eigenvalue weighted by molar-refractivity contribution is 8.00. The van der Waals surface area contributed by atoms with Gasteiger partial charge in [0, 0.05) is 28.3 Å². The van der Waals surface area contributed by atoms with Crippen LogP contribution in [0.1, 0.15) is 38.1 Å². The van der Waals surface area contributed by atoms with Gasteiger partial charge in [-0.15, -0.1) is 0 Å². The van der Waals surface area contributed by atoms with E-state index < -0.39 is 10.0 Å². The van der Waals surface area contributed by atoms with Gasteiger partial charge in [-0.3, -0.25) is 9.52 Å². The van der Waals surface area contributed by atoms with Gasteiger partial charge in [0.15, 0.2) is 0 Å². The van der Waals surface area contributed by atoms with Crippen molar-refractivity contribution in [2.75, 3.05) is 22.8 Å². The first-order valence-electron chi connectivity index (χ1n) is 7.16. The lowest BCUT2D eigenvalue weighted by Gasteiger charge is -2.17. The maximum absolute atomic E-state index is 12.0. The standard InChI is InChI=1S/C15H24N2O3S2/c1-5-22(19,20)17-13-8-6-12(7-9-13)14(18)16-10-11-21-15(2,3)4/h6-9,17H,5,10-11H2,1-4H3,(H,16,18). The third kappa shape index (κ3) is 7.17. The monoisotopic (exact) mass is 344 g/mol. The first-order valence-corrected chi connectivity index (χ1v) is 9.79. The van der Waals surface area contributed by atoms with Crippen LogP contribution in [0.2, 0.25) is 0 Å². The zero-order valence-electron chi connectivity index (χ0n) is 13.5. The van der Waals surface area contributed by atoms with E-state index in [1.165, 1.54) is 0 Å². The van der Waals surface area contributed by atoms with Gasteiger partial charge in [-0.2, -0.15) is 11.8 Å². The average Bonchev–Trinajstić information content (AvgIpc) is 2.43. The summed E-state index contributed by atoms with van der Waals surface area (Å²) in [6, 6.07) is 6.40. The number of anilines is 1. The van der Waals surface area contributed by atoms with Crippen LogP contribution in [0.5, 0.6) is 0 Å². The van der Waals surface area contributed by atoms with E-state index in [0.717, 1.165) is 5.75 Å². The largest absolute Gasteiger partial charge is 0.351 e. The molecule has 0 spiro atoms. The lowest BCUT2D eigenvalue weighted by molar-refractivity contribution is 0.0956. The second kappa shape index (κ2) is 7.87. The molecule has 7 heteroatoms. The van der Waals surface area contributed by atoms with Gasteiger partial charge in [0.1, 0.15) is 0 Å². The van der Waals surface area contributed by atoms with Gasteiger partial charge in [0.05, 0.1) is 5.75 Å². The van der Waals surface area contributed by atoms with Gasteiger partial charge in [0.25, 0.3) is 5.91 Å². The minimum absolute atomic E-state index is 0.0146. The Labute approximate surface area is 137 Å². The molecule has 2 N–H and O–H groups in total. The molecule has 0 atom stereocenters. The predicted molar refractivity (Wildman–Crippen MR) is 94.1 cm³/mol. The molecule has 0 unspecified atom stereocenters. The number of nitrogens with one attached hydrogen (secondary N) is 2. The van der Waals surface area contributed by atoms with Crippen molar-refractivity contribution in [1.82, 2.24) is 5.32 Å². The Morgan fingerprint density at radius 3 is 2.27 bits per heavy atom. The third-order valence-electron chi connectivity index (χ3n) is 2.72. The first kappa shape index (κ1) is 18.8. The van der Waals surface area contributed by atoms with E-state index in [1.807, 2.05) is 0 Å². The molecule has 1 amide bonds. The van der Waals surface area contributed by atoms with Crippen molar-refractivity contribution >= 4 is 33.4 Å². The number of hydrogen-bond acceptors (Lipinski definition) is 4. The van der Waals surface area contributed by atoms with Gasteiger partial charge in [-0.05, 0) is 31.2 Å². The normalized spacial score (nSPS) is 12.0. The smallest absolute Gasteiger partial charge is 0.251 e. The molecule has 0 saturated heterocycles. The number of hydrogen-bond donors (Lipinski definition) is 2. The highest BCUT2D eigenvalue weighted by Crippen LogP contribution is 2.22. The van der Waals surface area contributed by atoms with E-state index >= 15 is 0 Å². The third-order valence-corrected chi connectivity index (χ3v) is 5.30. The zero-order chi connectivity index (χ0) is 16.8. The molecule has 1 aromatic carbocycles. The Morgan fingerprint density at radius 2 is 1.77 bits per heavy atom. The van der Waals surface area contributed by atoms with Gasteiger partial charge in [-0.1, -0.05) is 20.8 Å². The fourth-order valence-corrected chi connectivity index (χ4v) is 3.02. The average molecular weight is 345 g/mol. The SMILES string of the molecule is CCS(=O)(=O)Nc1ccc(C(=O)NCCSC(C)(C)C)cc1. The van der Waals surface area contributed by atoms with Crippen molar-refractivity contribution in [3.63, 3.8) is 0 Å². The van der Waals surface area contributed by atoms with E-state index in [-0.39, 0.29) is 16.4 Å². The zero-order valence-corrected chi connectivity index (χ0v) is 15.1. The Morgan fingerprint density at radius 1 is 1.18 bits per heavy atom. The summed E-state index contributed by atoms with van der Waals surface area (Å²) in [6.07, 6.45) is 0. The van der Waals surface area contributed by atoms with Crippen LogP contribution in [0.4, 0.5) is 5.69 Å². The fourth-order valence-electron chi connectivity index (χ4n) is 1.57. The lowest BCUT2D eigenvalue weighted by Crippen LogP contribution is -2.26. The molecule has 0 aliphatic carbocycles. The van der Waals surface area contributed by atoms with Crippen molar-refractivity contribution in [3.8, 4) is 0 Å². The summed E-state index contributed by atoms with van der Waals surface area (Å²) in [5, 5.41) is 2.85. The molecule has 1 aromatic rings. The summed E-state index contributed by atoms with van der Waals surface area (Å²) < 4.78 is 25.5. The molecule has 124 valence electrons. The summed E-state index contributed by atoms with van der Waals surface area (Å²) in [5.41, 5.74) is 0.974. The van der Waals surface area contributed by atoms with Crippen molar-refractivity contribution in [3.05, 3.63) is 29.8 Å². The molecule has 0 fully saturated rings. The quantitative estimate of drug-likeness (QED) is 0.746. The molecule has 0 aliphatic rings. The summed E-state index contributed by atoms with van der Waals surface area (Å²) in [5.74, 6) is 0.712. The van der Waals surface area contributed by atoms with E-state index in [9.17, 15) is 13.2 Å². The van der Waals surface area contributed by atoms with Gasteiger partial charge >= 0.3 is 0 Å². The van der Waals surface area contributed by atoms with Crippen molar-refractivity contribution in [2.24, 2.45) is 0 Å². The number of carbonyl (C=O) groups is 1. The van der Waals surface area contributed by atoms with Gasteiger partial charge in [-0.25, -0.2) is 8.42 Å². The van der Waals surface area contributed by atoms with Crippen LogP contribution in [0.3, 0.4) is 0 Å². The van der Waals surface area contributed by atoms with Crippen LogP contribution in [-0.4, -0.2) is 37.1 Å².